The Labute approximate surface area is 167 Å². The topological polar surface area (TPSA) is 49.0 Å². The van der Waals surface area contributed by atoms with Gasteiger partial charge in [-0.05, 0) is 31.0 Å². The van der Waals surface area contributed by atoms with E-state index in [1.54, 1.807) is 6.07 Å². The number of halogens is 2. The molecule has 6 heteroatoms. The number of aromatic amines is 1. The van der Waals surface area contributed by atoms with Gasteiger partial charge in [0.25, 0.3) is 5.56 Å². The lowest BCUT2D eigenvalue weighted by molar-refractivity contribution is 0.240. The van der Waals surface area contributed by atoms with Crippen molar-refractivity contribution in [2.45, 2.75) is 26.4 Å². The number of aromatic nitrogens is 2. The molecule has 4 rings (SSSR count). The molecule has 1 aliphatic rings. The molecule has 0 fully saturated rings. The van der Waals surface area contributed by atoms with Gasteiger partial charge in [-0.2, -0.15) is 0 Å². The highest BCUT2D eigenvalue weighted by Crippen LogP contribution is 2.25. The summed E-state index contributed by atoms with van der Waals surface area (Å²) < 4.78 is 0. The maximum atomic E-state index is 12.5. The Hall–Kier alpha value is -2.14. The summed E-state index contributed by atoms with van der Waals surface area (Å²) in [6, 6.07) is 13.5. The van der Waals surface area contributed by atoms with Crippen LogP contribution >= 0.6 is 23.2 Å². The van der Waals surface area contributed by atoms with Gasteiger partial charge >= 0.3 is 0 Å². The van der Waals surface area contributed by atoms with E-state index in [-0.39, 0.29) is 5.56 Å². The van der Waals surface area contributed by atoms with Crippen LogP contribution in [0.5, 0.6) is 0 Å². The van der Waals surface area contributed by atoms with Gasteiger partial charge < -0.3 is 4.98 Å². The molecule has 0 atom stereocenters. The Morgan fingerprint density at radius 1 is 1.15 bits per heavy atom. The molecule has 138 valence electrons. The molecule has 0 bridgehead atoms. The molecule has 2 heterocycles. The number of nitrogens with one attached hydrogen (secondary N) is 1. The molecule has 0 unspecified atom stereocenters. The predicted octanol–water partition coefficient (Wildman–Crippen LogP) is 4.61. The van der Waals surface area contributed by atoms with Gasteiger partial charge in [-0.3, -0.25) is 9.69 Å². The Kier molecular flexibility index (Phi) is 5.04. The number of nitrogens with zero attached hydrogens (tertiary/aromatic N) is 2. The van der Waals surface area contributed by atoms with Crippen molar-refractivity contribution in [3.63, 3.8) is 0 Å². The Bertz CT molecular complexity index is 1040. The molecule has 0 saturated heterocycles. The van der Waals surface area contributed by atoms with Gasteiger partial charge in [0.05, 0.1) is 5.69 Å². The molecule has 0 radical (unpaired) electrons. The first-order valence-corrected chi connectivity index (χ1v) is 9.60. The van der Waals surface area contributed by atoms with E-state index in [1.165, 1.54) is 5.56 Å². The van der Waals surface area contributed by atoms with Gasteiger partial charge in [-0.1, -0.05) is 59.1 Å². The monoisotopic (exact) mass is 399 g/mol. The minimum absolute atomic E-state index is 0.0419. The third-order valence-corrected chi connectivity index (χ3v) is 5.47. The lowest BCUT2D eigenvalue weighted by atomic mass is 10.0. The predicted molar refractivity (Wildman–Crippen MR) is 109 cm³/mol. The average molecular weight is 400 g/mol. The van der Waals surface area contributed by atoms with Gasteiger partial charge in [0.1, 0.15) is 5.82 Å². The molecule has 1 aliphatic heterocycles. The molecule has 0 aliphatic carbocycles. The van der Waals surface area contributed by atoms with Crippen molar-refractivity contribution in [2.75, 3.05) is 6.54 Å². The summed E-state index contributed by atoms with van der Waals surface area (Å²) in [5.74, 6) is 0.616. The minimum atomic E-state index is -0.0419. The molecule has 1 aromatic heterocycles. The summed E-state index contributed by atoms with van der Waals surface area (Å²) in [6.07, 6.45) is 0.678. The van der Waals surface area contributed by atoms with Crippen molar-refractivity contribution < 1.29 is 0 Å². The van der Waals surface area contributed by atoms with E-state index >= 15 is 0 Å². The van der Waals surface area contributed by atoms with Gasteiger partial charge in [0.2, 0.25) is 0 Å². The molecule has 4 nitrogen and oxygen atoms in total. The van der Waals surface area contributed by atoms with Gasteiger partial charge in [-0.15, -0.1) is 0 Å². The van der Waals surface area contributed by atoms with Gasteiger partial charge in [0.15, 0.2) is 0 Å². The number of hydrogen-bond donors (Lipinski definition) is 1. The minimum Gasteiger partial charge on any atom is -0.306 e. The Morgan fingerprint density at radius 2 is 1.93 bits per heavy atom. The average Bonchev–Trinajstić information content (AvgIpc) is 2.64. The van der Waals surface area contributed by atoms with Crippen molar-refractivity contribution in [3.8, 4) is 11.4 Å². The van der Waals surface area contributed by atoms with Crippen LogP contribution in [0, 0.1) is 6.92 Å². The normalized spacial score (nSPS) is 14.2. The third-order valence-electron chi connectivity index (χ3n) is 4.89. The number of benzene rings is 2. The SMILES string of the molecule is Cc1ccc(-c2nc3c(c(=O)[nH]2)CCN(Cc2ccc(Cl)cc2Cl)C3)cc1. The fourth-order valence-electron chi connectivity index (χ4n) is 3.37. The zero-order valence-electron chi connectivity index (χ0n) is 14.9. The molecule has 0 spiro atoms. The molecule has 1 N–H and O–H groups in total. The van der Waals surface area contributed by atoms with Crippen LogP contribution in [0.25, 0.3) is 11.4 Å². The van der Waals surface area contributed by atoms with E-state index in [1.807, 2.05) is 43.3 Å². The smallest absolute Gasteiger partial charge is 0.254 e. The maximum absolute atomic E-state index is 12.5. The van der Waals surface area contributed by atoms with Crippen LogP contribution in [0.1, 0.15) is 22.4 Å². The summed E-state index contributed by atoms with van der Waals surface area (Å²) in [5, 5.41) is 1.29. The second-order valence-corrected chi connectivity index (χ2v) is 7.75. The first-order valence-electron chi connectivity index (χ1n) is 8.85. The number of rotatable bonds is 3. The standard InChI is InChI=1S/C21H19Cl2N3O/c1-13-2-4-14(5-3-13)20-24-19-12-26(9-8-17(19)21(27)25-20)11-15-6-7-16(22)10-18(15)23/h2-7,10H,8-9,11-12H2,1H3,(H,24,25,27). The van der Waals surface area contributed by atoms with Crippen LogP contribution in [0.2, 0.25) is 10.0 Å². The Morgan fingerprint density at radius 3 is 2.67 bits per heavy atom. The Balaban J connectivity index is 1.61. The summed E-state index contributed by atoms with van der Waals surface area (Å²) >= 11 is 12.3. The highest BCUT2D eigenvalue weighted by Gasteiger charge is 2.22. The quantitative estimate of drug-likeness (QED) is 0.699. The number of H-pyrrole nitrogens is 1. The number of hydrogen-bond acceptors (Lipinski definition) is 3. The van der Waals surface area contributed by atoms with Crippen molar-refractivity contribution in [1.82, 2.24) is 14.9 Å². The maximum Gasteiger partial charge on any atom is 0.254 e. The van der Waals surface area contributed by atoms with Crippen LogP contribution in [-0.4, -0.2) is 21.4 Å². The highest BCUT2D eigenvalue weighted by molar-refractivity contribution is 6.35. The number of fused-ring (bicyclic) bond motifs is 1. The van der Waals surface area contributed by atoms with Crippen molar-refractivity contribution in [2.24, 2.45) is 0 Å². The van der Waals surface area contributed by atoms with Crippen molar-refractivity contribution >= 4 is 23.2 Å². The first kappa shape index (κ1) is 18.2. The number of aryl methyl sites for hydroxylation is 1. The zero-order valence-corrected chi connectivity index (χ0v) is 16.4. The van der Waals surface area contributed by atoms with E-state index in [9.17, 15) is 4.79 Å². The third kappa shape index (κ3) is 3.93. The first-order chi connectivity index (χ1) is 13.0. The molecule has 0 amide bonds. The fraction of sp³-hybridized carbons (Fsp3) is 0.238. The molecule has 0 saturated carbocycles. The summed E-state index contributed by atoms with van der Waals surface area (Å²) in [7, 11) is 0. The van der Waals surface area contributed by atoms with Crippen molar-refractivity contribution in [1.29, 1.82) is 0 Å². The summed E-state index contributed by atoms with van der Waals surface area (Å²) in [4.78, 5) is 22.5. The van der Waals surface area contributed by atoms with Crippen LogP contribution in [-0.2, 0) is 19.5 Å². The molecule has 3 aromatic rings. The van der Waals surface area contributed by atoms with Crippen LogP contribution in [0.4, 0.5) is 0 Å². The second-order valence-electron chi connectivity index (χ2n) is 6.90. The lowest BCUT2D eigenvalue weighted by Gasteiger charge is -2.28. The molecule has 2 aromatic carbocycles. The lowest BCUT2D eigenvalue weighted by Crippen LogP contribution is -2.35. The second kappa shape index (κ2) is 7.47. The van der Waals surface area contributed by atoms with Gasteiger partial charge in [0, 0.05) is 40.8 Å². The van der Waals surface area contributed by atoms with E-state index < -0.39 is 0 Å². The summed E-state index contributed by atoms with van der Waals surface area (Å²) in [5.41, 5.74) is 4.69. The van der Waals surface area contributed by atoms with Crippen LogP contribution in [0.15, 0.2) is 47.3 Å². The van der Waals surface area contributed by atoms with E-state index in [4.69, 9.17) is 28.2 Å². The van der Waals surface area contributed by atoms with Gasteiger partial charge in [-0.25, -0.2) is 4.98 Å². The van der Waals surface area contributed by atoms with Crippen LogP contribution in [0.3, 0.4) is 0 Å². The van der Waals surface area contributed by atoms with E-state index in [0.29, 0.717) is 35.4 Å². The molecule has 27 heavy (non-hydrogen) atoms. The summed E-state index contributed by atoms with van der Waals surface area (Å²) in [6.45, 7) is 4.15. The molecular formula is C21H19Cl2N3O. The van der Waals surface area contributed by atoms with E-state index in [0.717, 1.165) is 28.9 Å². The van der Waals surface area contributed by atoms with Crippen molar-refractivity contribution in [3.05, 3.63) is 85.2 Å². The fourth-order valence-corrected chi connectivity index (χ4v) is 3.84. The highest BCUT2D eigenvalue weighted by atomic mass is 35.5. The zero-order chi connectivity index (χ0) is 19.0. The van der Waals surface area contributed by atoms with E-state index in [2.05, 4.69) is 9.88 Å². The largest absolute Gasteiger partial charge is 0.306 e. The molecular weight excluding hydrogens is 381 g/mol. The van der Waals surface area contributed by atoms with Crippen LogP contribution < -0.4 is 5.56 Å².